The van der Waals surface area contributed by atoms with Gasteiger partial charge in [-0.25, -0.2) is 0 Å². The van der Waals surface area contributed by atoms with Gasteiger partial charge in [0.25, 0.3) is 0 Å². The second-order valence-electron chi connectivity index (χ2n) is 2.53. The topological polar surface area (TPSA) is 31.4 Å². The van der Waals surface area contributed by atoms with Gasteiger partial charge in [-0.1, -0.05) is 6.92 Å². The Morgan fingerprint density at radius 1 is 1.38 bits per heavy atom. The molecule has 3 heteroatoms. The Hall–Kier alpha value is -1.25. The van der Waals surface area contributed by atoms with E-state index in [4.69, 9.17) is 9.47 Å². The summed E-state index contributed by atoms with van der Waals surface area (Å²) in [4.78, 5) is 3.84. The van der Waals surface area contributed by atoms with E-state index in [1.54, 1.807) is 12.3 Å². The average Bonchev–Trinajstić information content (AvgIpc) is 2.17. The maximum Gasteiger partial charge on any atom is 0.189 e. The summed E-state index contributed by atoms with van der Waals surface area (Å²) >= 11 is 0. The summed E-state index contributed by atoms with van der Waals surface area (Å²) in [7, 11) is 0. The molecule has 0 aromatic carbocycles. The van der Waals surface area contributed by atoms with E-state index in [9.17, 15) is 0 Å². The van der Waals surface area contributed by atoms with Gasteiger partial charge in [0, 0.05) is 12.3 Å². The second-order valence-corrected chi connectivity index (χ2v) is 2.53. The van der Waals surface area contributed by atoms with Crippen molar-refractivity contribution < 1.29 is 9.47 Å². The third-order valence-electron chi connectivity index (χ3n) is 1.44. The molecule has 0 saturated heterocycles. The molecule has 0 spiro atoms. The third-order valence-corrected chi connectivity index (χ3v) is 1.44. The number of nitrogens with zero attached hydrogens (tertiary/aromatic N) is 1. The summed E-state index contributed by atoms with van der Waals surface area (Å²) in [5.74, 6) is 1.32. The molecular weight excluding hydrogens is 166 g/mol. The van der Waals surface area contributed by atoms with Crippen LogP contribution in [0.2, 0.25) is 0 Å². The van der Waals surface area contributed by atoms with Gasteiger partial charge >= 0.3 is 0 Å². The molecule has 13 heavy (non-hydrogen) atoms. The van der Waals surface area contributed by atoms with E-state index in [-0.39, 0.29) is 0 Å². The molecule has 0 aliphatic rings. The molecule has 0 unspecified atom stereocenters. The van der Waals surface area contributed by atoms with Crippen LogP contribution < -0.4 is 9.47 Å². The standard InChI is InChI=1S/C10H14NO2/c1-3-7-13-9-5-6-11-8-10(9)12-4-2/h5-6H,3-4,7H2,1-2H3. The molecule has 0 N–H and O–H groups in total. The van der Waals surface area contributed by atoms with Crippen LogP contribution in [0.1, 0.15) is 20.3 Å². The highest BCUT2D eigenvalue weighted by Crippen LogP contribution is 2.24. The van der Waals surface area contributed by atoms with Crippen molar-refractivity contribution in [2.45, 2.75) is 20.3 Å². The van der Waals surface area contributed by atoms with E-state index in [1.807, 2.05) is 6.92 Å². The number of ether oxygens (including phenoxy) is 2. The predicted octanol–water partition coefficient (Wildman–Crippen LogP) is 2.07. The maximum atomic E-state index is 5.44. The fraction of sp³-hybridized carbons (Fsp3) is 0.500. The van der Waals surface area contributed by atoms with E-state index in [1.165, 1.54) is 0 Å². The van der Waals surface area contributed by atoms with Crippen LogP contribution in [0.25, 0.3) is 0 Å². The molecule has 0 amide bonds. The summed E-state index contributed by atoms with van der Waals surface area (Å²) < 4.78 is 10.7. The first-order valence-corrected chi connectivity index (χ1v) is 4.50. The van der Waals surface area contributed by atoms with Crippen LogP contribution in [0.3, 0.4) is 0 Å². The van der Waals surface area contributed by atoms with Gasteiger partial charge < -0.3 is 9.47 Å². The summed E-state index contributed by atoms with van der Waals surface area (Å²) in [5.41, 5.74) is 0. The van der Waals surface area contributed by atoms with Crippen molar-refractivity contribution in [3.05, 3.63) is 18.5 Å². The van der Waals surface area contributed by atoms with Crippen LogP contribution in [-0.4, -0.2) is 18.2 Å². The summed E-state index contributed by atoms with van der Waals surface area (Å²) in [5, 5.41) is 0. The van der Waals surface area contributed by atoms with Crippen LogP contribution in [-0.2, 0) is 0 Å². The summed E-state index contributed by atoms with van der Waals surface area (Å²) in [6.07, 6.45) is 5.38. The van der Waals surface area contributed by atoms with Crippen LogP contribution in [0, 0.1) is 6.20 Å². The lowest BCUT2D eigenvalue weighted by Gasteiger charge is -2.09. The minimum atomic E-state index is 0.596. The van der Waals surface area contributed by atoms with Crippen molar-refractivity contribution in [2.75, 3.05) is 13.2 Å². The lowest BCUT2D eigenvalue weighted by Crippen LogP contribution is -2.00. The SMILES string of the molecule is CCCOc1ccn[c]c1OCC. The molecular formula is C10H14NO2. The van der Waals surface area contributed by atoms with Crippen LogP contribution in [0.15, 0.2) is 12.3 Å². The average molecular weight is 180 g/mol. The molecule has 71 valence electrons. The molecule has 1 radical (unpaired) electrons. The Kier molecular flexibility index (Phi) is 4.09. The van der Waals surface area contributed by atoms with Crippen molar-refractivity contribution in [1.29, 1.82) is 0 Å². The van der Waals surface area contributed by atoms with Crippen molar-refractivity contribution >= 4 is 0 Å². The van der Waals surface area contributed by atoms with Gasteiger partial charge in [0.05, 0.1) is 13.2 Å². The molecule has 3 nitrogen and oxygen atoms in total. The lowest BCUT2D eigenvalue weighted by molar-refractivity contribution is 0.275. The summed E-state index contributed by atoms with van der Waals surface area (Å²) in [6, 6.07) is 1.79. The van der Waals surface area contributed by atoms with Gasteiger partial charge in [0.15, 0.2) is 11.5 Å². The normalized spacial score (nSPS) is 9.69. The van der Waals surface area contributed by atoms with E-state index < -0.39 is 0 Å². The molecule has 0 fully saturated rings. The van der Waals surface area contributed by atoms with Gasteiger partial charge in [-0.2, -0.15) is 0 Å². The zero-order chi connectivity index (χ0) is 9.52. The zero-order valence-electron chi connectivity index (χ0n) is 8.04. The Morgan fingerprint density at radius 3 is 2.92 bits per heavy atom. The molecule has 1 heterocycles. The molecule has 0 atom stereocenters. The van der Waals surface area contributed by atoms with Crippen molar-refractivity contribution in [2.24, 2.45) is 0 Å². The minimum absolute atomic E-state index is 0.596. The monoisotopic (exact) mass is 180 g/mol. The van der Waals surface area contributed by atoms with Gasteiger partial charge in [-0.15, -0.1) is 0 Å². The van der Waals surface area contributed by atoms with Crippen molar-refractivity contribution in [1.82, 2.24) is 4.98 Å². The van der Waals surface area contributed by atoms with E-state index >= 15 is 0 Å². The quantitative estimate of drug-likeness (QED) is 0.695. The predicted molar refractivity (Wildman–Crippen MR) is 50.0 cm³/mol. The van der Waals surface area contributed by atoms with E-state index in [0.717, 1.165) is 12.2 Å². The second kappa shape index (κ2) is 5.41. The molecule has 0 bridgehead atoms. The Bertz CT molecular complexity index is 250. The minimum Gasteiger partial charge on any atom is -0.490 e. The molecule has 1 rings (SSSR count). The fourth-order valence-corrected chi connectivity index (χ4v) is 0.905. The van der Waals surface area contributed by atoms with Gasteiger partial charge in [0.2, 0.25) is 0 Å². The molecule has 0 aliphatic carbocycles. The van der Waals surface area contributed by atoms with Gasteiger partial charge in [0.1, 0.15) is 6.20 Å². The highest BCUT2D eigenvalue weighted by molar-refractivity contribution is 5.35. The third kappa shape index (κ3) is 2.93. The fourth-order valence-electron chi connectivity index (χ4n) is 0.905. The van der Waals surface area contributed by atoms with E-state index in [2.05, 4.69) is 18.1 Å². The number of aromatic nitrogens is 1. The number of rotatable bonds is 5. The number of hydrogen-bond acceptors (Lipinski definition) is 3. The molecule has 0 aliphatic heterocycles. The Labute approximate surface area is 78.7 Å². The van der Waals surface area contributed by atoms with Crippen LogP contribution >= 0.6 is 0 Å². The number of pyridine rings is 1. The molecule has 0 saturated carbocycles. The molecule has 1 aromatic rings. The highest BCUT2D eigenvalue weighted by Gasteiger charge is 2.03. The van der Waals surface area contributed by atoms with Gasteiger partial charge in [-0.05, 0) is 13.3 Å². The largest absolute Gasteiger partial charge is 0.490 e. The highest BCUT2D eigenvalue weighted by atomic mass is 16.5. The van der Waals surface area contributed by atoms with E-state index in [0.29, 0.717) is 19.0 Å². The lowest BCUT2D eigenvalue weighted by atomic mass is 10.4. The number of hydrogen-bond donors (Lipinski definition) is 0. The maximum absolute atomic E-state index is 5.44. The first-order valence-electron chi connectivity index (χ1n) is 4.50. The Morgan fingerprint density at radius 2 is 2.23 bits per heavy atom. The zero-order valence-corrected chi connectivity index (χ0v) is 8.04. The summed E-state index contributed by atoms with van der Waals surface area (Å²) in [6.45, 7) is 5.28. The van der Waals surface area contributed by atoms with Crippen LogP contribution in [0.5, 0.6) is 11.5 Å². The van der Waals surface area contributed by atoms with Crippen molar-refractivity contribution in [3.8, 4) is 11.5 Å². The first-order chi connectivity index (χ1) is 6.38. The van der Waals surface area contributed by atoms with Crippen LogP contribution in [0.4, 0.5) is 0 Å². The smallest absolute Gasteiger partial charge is 0.189 e. The first kappa shape index (κ1) is 9.84. The van der Waals surface area contributed by atoms with Crippen molar-refractivity contribution in [3.63, 3.8) is 0 Å². The molecule has 1 aromatic heterocycles. The Balaban J connectivity index is 2.66. The van der Waals surface area contributed by atoms with Gasteiger partial charge in [-0.3, -0.25) is 4.98 Å².